The lowest BCUT2D eigenvalue weighted by Gasteiger charge is -2.13. The lowest BCUT2D eigenvalue weighted by atomic mass is 10.1. The van der Waals surface area contributed by atoms with Crippen LogP contribution in [0, 0.1) is 3.57 Å². The average molecular weight is 441 g/mol. The van der Waals surface area contributed by atoms with Crippen LogP contribution in [0.1, 0.15) is 0 Å². The second-order valence-electron chi connectivity index (χ2n) is 3.85. The monoisotopic (exact) mass is 440 g/mol. The molecular formula is C13H11Cl2IN2O3. The molecule has 21 heavy (non-hydrogen) atoms. The number of ether oxygens (including phenoxy) is 3. The fourth-order valence-corrected chi connectivity index (χ4v) is 2.35. The van der Waals surface area contributed by atoms with Crippen molar-refractivity contribution in [3.05, 3.63) is 26.0 Å². The minimum absolute atomic E-state index is 0.280. The van der Waals surface area contributed by atoms with Crippen LogP contribution in [0.25, 0.3) is 11.4 Å². The first kappa shape index (κ1) is 16.4. The first-order chi connectivity index (χ1) is 10.0. The summed E-state index contributed by atoms with van der Waals surface area (Å²) in [5, 5.41) is 0.560. The third kappa shape index (κ3) is 3.27. The predicted molar refractivity (Wildman–Crippen MR) is 89.9 cm³/mol. The minimum Gasteiger partial charge on any atom is -0.496 e. The molecule has 8 heteroatoms. The minimum atomic E-state index is 0.280. The van der Waals surface area contributed by atoms with Crippen molar-refractivity contribution in [3.8, 4) is 28.6 Å². The number of hydrogen-bond acceptors (Lipinski definition) is 5. The van der Waals surface area contributed by atoms with E-state index in [0.717, 1.165) is 0 Å². The Morgan fingerprint density at radius 2 is 1.33 bits per heavy atom. The molecule has 0 aliphatic heterocycles. The molecule has 5 nitrogen and oxygen atoms in total. The van der Waals surface area contributed by atoms with Crippen LogP contribution in [0.2, 0.25) is 10.3 Å². The van der Waals surface area contributed by atoms with E-state index in [0.29, 0.717) is 32.2 Å². The molecule has 2 aromatic rings. The highest BCUT2D eigenvalue weighted by Crippen LogP contribution is 2.39. The van der Waals surface area contributed by atoms with Gasteiger partial charge in [-0.1, -0.05) is 23.2 Å². The van der Waals surface area contributed by atoms with Gasteiger partial charge in [0.2, 0.25) is 0 Å². The lowest BCUT2D eigenvalue weighted by Crippen LogP contribution is -1.99. The smallest absolute Gasteiger partial charge is 0.166 e. The second-order valence-corrected chi connectivity index (χ2v) is 5.65. The van der Waals surface area contributed by atoms with E-state index in [1.165, 1.54) is 0 Å². The summed E-state index contributed by atoms with van der Waals surface area (Å²) in [6.07, 6.45) is 0. The van der Waals surface area contributed by atoms with Gasteiger partial charge in [0.15, 0.2) is 17.3 Å². The van der Waals surface area contributed by atoms with Crippen molar-refractivity contribution in [3.63, 3.8) is 0 Å². The number of methoxy groups -OCH3 is 3. The second kappa shape index (κ2) is 6.85. The average Bonchev–Trinajstić information content (AvgIpc) is 2.50. The molecule has 0 bridgehead atoms. The molecule has 1 aromatic carbocycles. The third-order valence-electron chi connectivity index (χ3n) is 2.72. The zero-order chi connectivity index (χ0) is 15.6. The van der Waals surface area contributed by atoms with Crippen LogP contribution in [0.4, 0.5) is 0 Å². The molecule has 112 valence electrons. The molecule has 1 heterocycles. The molecule has 0 N–H and O–H groups in total. The fraction of sp³-hybridized carbons (Fsp3) is 0.231. The largest absolute Gasteiger partial charge is 0.496 e. The highest BCUT2D eigenvalue weighted by molar-refractivity contribution is 14.1. The Balaban J connectivity index is 2.67. The van der Waals surface area contributed by atoms with Crippen molar-refractivity contribution in [2.24, 2.45) is 0 Å². The number of hydrogen-bond donors (Lipinski definition) is 0. The van der Waals surface area contributed by atoms with Gasteiger partial charge in [0.25, 0.3) is 0 Å². The van der Waals surface area contributed by atoms with E-state index in [1.807, 2.05) is 22.6 Å². The van der Waals surface area contributed by atoms with E-state index >= 15 is 0 Å². The van der Waals surface area contributed by atoms with E-state index in [2.05, 4.69) is 9.97 Å². The van der Waals surface area contributed by atoms with Gasteiger partial charge in [0.1, 0.15) is 16.1 Å². The van der Waals surface area contributed by atoms with Crippen LogP contribution in [-0.4, -0.2) is 31.3 Å². The van der Waals surface area contributed by atoms with Crippen LogP contribution in [0.15, 0.2) is 12.1 Å². The first-order valence-electron chi connectivity index (χ1n) is 5.70. The molecular weight excluding hydrogens is 430 g/mol. The molecule has 0 radical (unpaired) electrons. The summed E-state index contributed by atoms with van der Waals surface area (Å²) in [7, 11) is 4.63. The summed E-state index contributed by atoms with van der Waals surface area (Å²) < 4.78 is 16.5. The van der Waals surface area contributed by atoms with Crippen LogP contribution in [-0.2, 0) is 0 Å². The SMILES string of the molecule is COc1cc(OC)c(-c2nc(Cl)c(I)c(Cl)n2)cc1OC. The third-order valence-corrected chi connectivity index (χ3v) is 4.92. The van der Waals surface area contributed by atoms with E-state index < -0.39 is 0 Å². The highest BCUT2D eigenvalue weighted by Gasteiger charge is 2.18. The van der Waals surface area contributed by atoms with Gasteiger partial charge in [-0.05, 0) is 28.7 Å². The number of rotatable bonds is 4. The molecule has 1 aromatic heterocycles. The Labute approximate surface area is 145 Å². The molecule has 0 unspecified atom stereocenters. The number of benzene rings is 1. The Bertz CT molecular complexity index is 660. The van der Waals surface area contributed by atoms with Crippen LogP contribution in [0.3, 0.4) is 0 Å². The first-order valence-corrected chi connectivity index (χ1v) is 7.54. The molecule has 0 fully saturated rings. The summed E-state index contributed by atoms with van der Waals surface area (Å²) >= 11 is 14.1. The Morgan fingerprint density at radius 1 is 0.857 bits per heavy atom. The van der Waals surface area contributed by atoms with Crippen LogP contribution >= 0.6 is 45.8 Å². The zero-order valence-electron chi connectivity index (χ0n) is 11.4. The van der Waals surface area contributed by atoms with E-state index in [-0.39, 0.29) is 10.3 Å². The molecule has 2 rings (SSSR count). The van der Waals surface area contributed by atoms with E-state index in [9.17, 15) is 0 Å². The Hall–Kier alpha value is -0.990. The standard InChI is InChI=1S/C13H11Cl2IN2O3/c1-19-7-5-9(21-3)8(20-2)4-6(7)13-17-11(14)10(16)12(15)18-13/h4-5H,1-3H3. The maximum Gasteiger partial charge on any atom is 0.166 e. The number of aromatic nitrogens is 2. The van der Waals surface area contributed by atoms with Crippen LogP contribution < -0.4 is 14.2 Å². The van der Waals surface area contributed by atoms with Crippen molar-refractivity contribution >= 4 is 45.8 Å². The number of nitrogens with zero attached hydrogens (tertiary/aromatic N) is 2. The maximum absolute atomic E-state index is 6.06. The van der Waals surface area contributed by atoms with Gasteiger partial charge in [-0.3, -0.25) is 0 Å². The Kier molecular flexibility index (Phi) is 5.34. The van der Waals surface area contributed by atoms with Gasteiger partial charge in [0, 0.05) is 6.07 Å². The summed E-state index contributed by atoms with van der Waals surface area (Å²) in [5.41, 5.74) is 0.607. The number of halogens is 3. The summed E-state index contributed by atoms with van der Waals surface area (Å²) in [4.78, 5) is 8.46. The van der Waals surface area contributed by atoms with Gasteiger partial charge in [0.05, 0.1) is 30.5 Å². The van der Waals surface area contributed by atoms with Crippen molar-refractivity contribution in [2.75, 3.05) is 21.3 Å². The summed E-state index contributed by atoms with van der Waals surface area (Å²) in [6, 6.07) is 3.41. The predicted octanol–water partition coefficient (Wildman–Crippen LogP) is 4.08. The molecule has 0 amide bonds. The molecule has 0 saturated carbocycles. The molecule has 0 saturated heterocycles. The van der Waals surface area contributed by atoms with Crippen molar-refractivity contribution in [1.82, 2.24) is 9.97 Å². The summed E-state index contributed by atoms with van der Waals surface area (Å²) in [6.45, 7) is 0. The van der Waals surface area contributed by atoms with Crippen molar-refractivity contribution < 1.29 is 14.2 Å². The highest BCUT2D eigenvalue weighted by atomic mass is 127. The zero-order valence-corrected chi connectivity index (χ0v) is 15.1. The lowest BCUT2D eigenvalue weighted by molar-refractivity contribution is 0.349. The van der Waals surface area contributed by atoms with Crippen molar-refractivity contribution in [1.29, 1.82) is 0 Å². The molecule has 0 aliphatic carbocycles. The van der Waals surface area contributed by atoms with Gasteiger partial charge in [-0.15, -0.1) is 0 Å². The maximum atomic E-state index is 6.06. The molecule has 0 atom stereocenters. The Morgan fingerprint density at radius 3 is 1.81 bits per heavy atom. The quantitative estimate of drug-likeness (QED) is 0.529. The normalized spacial score (nSPS) is 10.4. The molecule has 0 spiro atoms. The fourth-order valence-electron chi connectivity index (χ4n) is 1.72. The van der Waals surface area contributed by atoms with E-state index in [1.54, 1.807) is 33.5 Å². The van der Waals surface area contributed by atoms with E-state index in [4.69, 9.17) is 37.4 Å². The van der Waals surface area contributed by atoms with Crippen molar-refractivity contribution in [2.45, 2.75) is 0 Å². The van der Waals surface area contributed by atoms with Gasteiger partial charge >= 0.3 is 0 Å². The van der Waals surface area contributed by atoms with Gasteiger partial charge < -0.3 is 14.2 Å². The topological polar surface area (TPSA) is 53.5 Å². The van der Waals surface area contributed by atoms with Gasteiger partial charge in [-0.25, -0.2) is 9.97 Å². The van der Waals surface area contributed by atoms with Crippen LogP contribution in [0.5, 0.6) is 17.2 Å². The molecule has 0 aliphatic rings. The van der Waals surface area contributed by atoms with Gasteiger partial charge in [-0.2, -0.15) is 0 Å². The summed E-state index contributed by atoms with van der Waals surface area (Å²) in [5.74, 6) is 1.95.